The number of hydrogen-bond donors (Lipinski definition) is 0. The zero-order chi connectivity index (χ0) is 15.1. The minimum Gasteiger partial charge on any atom is -0.465 e. The molecule has 0 saturated carbocycles. The Morgan fingerprint density at radius 3 is 2.00 bits per heavy atom. The number of halogens is 1. The maximum absolute atomic E-state index is 12.5. The van der Waals surface area contributed by atoms with Gasteiger partial charge < -0.3 is 4.74 Å². The molecule has 0 bridgehead atoms. The third-order valence-corrected chi connectivity index (χ3v) is 3.73. The molecule has 0 aliphatic heterocycles. The molecule has 0 fully saturated rings. The van der Waals surface area contributed by atoms with Gasteiger partial charge in [-0.2, -0.15) is 0 Å². The zero-order valence-corrected chi connectivity index (χ0v) is 11.7. The molecule has 5 heteroatoms. The van der Waals surface area contributed by atoms with E-state index in [4.69, 9.17) is 11.6 Å². The van der Waals surface area contributed by atoms with Crippen LogP contribution in [-0.2, 0) is 4.74 Å². The molecule has 21 heavy (non-hydrogen) atoms. The van der Waals surface area contributed by atoms with Gasteiger partial charge in [0.1, 0.15) is 0 Å². The van der Waals surface area contributed by atoms with Crippen molar-refractivity contribution in [3.63, 3.8) is 0 Å². The summed E-state index contributed by atoms with van der Waals surface area (Å²) in [6, 6.07) is 9.23. The molecule has 0 saturated heterocycles. The molecule has 1 aliphatic carbocycles. The first-order valence-electron chi connectivity index (χ1n) is 6.15. The lowest BCUT2D eigenvalue weighted by molar-refractivity contribution is 0.0600. The number of benzene rings is 2. The number of methoxy groups -OCH3 is 1. The molecule has 0 N–H and O–H groups in total. The smallest absolute Gasteiger partial charge is 0.339 e. The summed E-state index contributed by atoms with van der Waals surface area (Å²) in [7, 11) is 1.22. The topological polar surface area (TPSA) is 60.4 Å². The largest absolute Gasteiger partial charge is 0.465 e. The molecule has 0 heterocycles. The summed E-state index contributed by atoms with van der Waals surface area (Å²) in [5.41, 5.74) is 1.11. The van der Waals surface area contributed by atoms with E-state index in [-0.39, 0.29) is 33.3 Å². The molecule has 2 aromatic rings. The van der Waals surface area contributed by atoms with Gasteiger partial charge in [0.2, 0.25) is 0 Å². The molecule has 0 aromatic heterocycles. The fourth-order valence-electron chi connectivity index (χ4n) is 2.38. The molecule has 3 rings (SSSR count). The number of carbonyl (C=O) groups is 3. The van der Waals surface area contributed by atoms with E-state index < -0.39 is 5.97 Å². The highest BCUT2D eigenvalue weighted by Crippen LogP contribution is 2.31. The number of hydrogen-bond acceptors (Lipinski definition) is 4. The lowest BCUT2D eigenvalue weighted by Crippen LogP contribution is -2.21. The third-order valence-electron chi connectivity index (χ3n) is 3.42. The fraction of sp³-hybridized carbons (Fsp3) is 0.0625. The molecule has 104 valence electrons. The lowest BCUT2D eigenvalue weighted by Gasteiger charge is -2.18. The van der Waals surface area contributed by atoms with E-state index in [2.05, 4.69) is 4.74 Å². The van der Waals surface area contributed by atoms with Crippen molar-refractivity contribution in [2.45, 2.75) is 0 Å². The minimum absolute atomic E-state index is 0.0680. The predicted molar refractivity (Wildman–Crippen MR) is 76.1 cm³/mol. The van der Waals surface area contributed by atoms with Crippen molar-refractivity contribution in [3.8, 4) is 0 Å². The highest BCUT2D eigenvalue weighted by Gasteiger charge is 2.31. The van der Waals surface area contributed by atoms with Gasteiger partial charge in [0.25, 0.3) is 0 Å². The average Bonchev–Trinajstić information content (AvgIpc) is 2.51. The monoisotopic (exact) mass is 300 g/mol. The maximum atomic E-state index is 12.5. The summed E-state index contributed by atoms with van der Waals surface area (Å²) in [5.74, 6) is -1.23. The van der Waals surface area contributed by atoms with Crippen molar-refractivity contribution >= 4 is 29.1 Å². The Hall–Kier alpha value is -2.46. The molecule has 1 aliphatic rings. The number of ketones is 2. The van der Waals surface area contributed by atoms with Crippen molar-refractivity contribution in [1.29, 1.82) is 0 Å². The van der Waals surface area contributed by atoms with Gasteiger partial charge in [0.15, 0.2) is 11.6 Å². The van der Waals surface area contributed by atoms with Gasteiger partial charge in [0, 0.05) is 22.3 Å². The number of ether oxygens (including phenoxy) is 1. The van der Waals surface area contributed by atoms with Crippen LogP contribution in [0.3, 0.4) is 0 Å². The van der Waals surface area contributed by atoms with Crippen LogP contribution in [0, 0.1) is 0 Å². The Morgan fingerprint density at radius 1 is 0.952 bits per heavy atom. The van der Waals surface area contributed by atoms with Crippen molar-refractivity contribution in [2.24, 2.45) is 0 Å². The van der Waals surface area contributed by atoms with Crippen LogP contribution in [0.1, 0.15) is 42.2 Å². The summed E-state index contributed by atoms with van der Waals surface area (Å²) >= 11 is 6.01. The molecule has 0 unspecified atom stereocenters. The molecule has 4 nitrogen and oxygen atoms in total. The van der Waals surface area contributed by atoms with E-state index in [0.717, 1.165) is 0 Å². The number of rotatable bonds is 1. The lowest BCUT2D eigenvalue weighted by atomic mass is 9.83. The number of carbonyl (C=O) groups excluding carboxylic acids is 3. The highest BCUT2D eigenvalue weighted by atomic mass is 35.5. The first-order chi connectivity index (χ1) is 10.0. The molecule has 2 aromatic carbocycles. The summed E-state index contributed by atoms with van der Waals surface area (Å²) in [6.07, 6.45) is 0. The number of esters is 1. The van der Waals surface area contributed by atoms with Crippen LogP contribution >= 0.6 is 11.6 Å². The van der Waals surface area contributed by atoms with Crippen LogP contribution in [0.25, 0.3) is 0 Å². The van der Waals surface area contributed by atoms with Crippen LogP contribution < -0.4 is 0 Å². The van der Waals surface area contributed by atoms with Crippen LogP contribution in [0.2, 0.25) is 5.02 Å². The Bertz CT molecular complexity index is 808. The summed E-state index contributed by atoms with van der Waals surface area (Å²) < 4.78 is 4.62. The van der Waals surface area contributed by atoms with Crippen LogP contribution in [0.4, 0.5) is 0 Å². The van der Waals surface area contributed by atoms with Crippen molar-refractivity contribution in [3.05, 3.63) is 69.2 Å². The molecule has 0 amide bonds. The Labute approximate surface area is 125 Å². The van der Waals surface area contributed by atoms with E-state index in [9.17, 15) is 14.4 Å². The Morgan fingerprint density at radius 2 is 1.48 bits per heavy atom. The maximum Gasteiger partial charge on any atom is 0.339 e. The van der Waals surface area contributed by atoms with E-state index in [1.165, 1.54) is 19.2 Å². The van der Waals surface area contributed by atoms with Gasteiger partial charge in [-0.05, 0) is 12.1 Å². The van der Waals surface area contributed by atoms with Gasteiger partial charge >= 0.3 is 5.97 Å². The average molecular weight is 301 g/mol. The summed E-state index contributed by atoms with van der Waals surface area (Å²) in [6.45, 7) is 0. The van der Waals surface area contributed by atoms with Gasteiger partial charge in [0.05, 0.1) is 17.7 Å². The quantitative estimate of drug-likeness (QED) is 0.648. The first-order valence-corrected chi connectivity index (χ1v) is 6.52. The normalized spacial score (nSPS) is 12.7. The van der Waals surface area contributed by atoms with Crippen LogP contribution in [0.15, 0.2) is 36.4 Å². The van der Waals surface area contributed by atoms with Gasteiger partial charge in [-0.15, -0.1) is 0 Å². The molecule has 0 radical (unpaired) electrons. The molecule has 0 atom stereocenters. The molecule has 0 spiro atoms. The van der Waals surface area contributed by atoms with Gasteiger partial charge in [-0.3, -0.25) is 9.59 Å². The molecular formula is C16H9ClO4. The van der Waals surface area contributed by atoms with Crippen LogP contribution in [-0.4, -0.2) is 24.6 Å². The second-order valence-electron chi connectivity index (χ2n) is 4.57. The predicted octanol–water partition coefficient (Wildman–Crippen LogP) is 2.90. The summed E-state index contributed by atoms with van der Waals surface area (Å²) in [5, 5.41) is 0.0844. The third kappa shape index (κ3) is 1.96. The Balaban J connectivity index is 2.26. The Kier molecular flexibility index (Phi) is 3.11. The van der Waals surface area contributed by atoms with Crippen molar-refractivity contribution in [1.82, 2.24) is 0 Å². The van der Waals surface area contributed by atoms with E-state index in [0.29, 0.717) is 11.1 Å². The second-order valence-corrected chi connectivity index (χ2v) is 4.98. The molecular weight excluding hydrogens is 292 g/mol. The highest BCUT2D eigenvalue weighted by molar-refractivity contribution is 6.36. The SMILES string of the molecule is COC(=O)c1cc2c(cc1Cl)C(=O)c1ccccc1C2=O. The van der Waals surface area contributed by atoms with Crippen molar-refractivity contribution in [2.75, 3.05) is 7.11 Å². The van der Waals surface area contributed by atoms with E-state index in [1.807, 2.05) is 0 Å². The summed E-state index contributed by atoms with van der Waals surface area (Å²) in [4.78, 5) is 36.6. The van der Waals surface area contributed by atoms with Gasteiger partial charge in [-0.25, -0.2) is 4.79 Å². The van der Waals surface area contributed by atoms with E-state index in [1.54, 1.807) is 24.3 Å². The second kappa shape index (κ2) is 4.82. The number of fused-ring (bicyclic) bond motifs is 2. The van der Waals surface area contributed by atoms with Crippen molar-refractivity contribution < 1.29 is 19.1 Å². The fourth-order valence-corrected chi connectivity index (χ4v) is 2.63. The minimum atomic E-state index is -0.651. The van der Waals surface area contributed by atoms with Gasteiger partial charge in [-0.1, -0.05) is 35.9 Å². The first kappa shape index (κ1) is 13.5. The van der Waals surface area contributed by atoms with E-state index >= 15 is 0 Å². The standard InChI is InChI=1S/C16H9ClO4/c1-21-16(20)12-6-10-11(7-13(12)17)15(19)9-5-3-2-4-8(9)14(10)18/h2-7H,1H3. The van der Waals surface area contributed by atoms with Crippen LogP contribution in [0.5, 0.6) is 0 Å². The zero-order valence-electron chi connectivity index (χ0n) is 11.0.